The van der Waals surface area contributed by atoms with E-state index in [1.165, 1.54) is 0 Å². The molecule has 0 aliphatic heterocycles. The Labute approximate surface area is 117 Å². The van der Waals surface area contributed by atoms with Crippen LogP contribution in [0.2, 0.25) is 0 Å². The zero-order chi connectivity index (χ0) is 14.5. The summed E-state index contributed by atoms with van der Waals surface area (Å²) in [5, 5.41) is 14.4. The maximum absolute atomic E-state index is 11.9. The first-order valence-electron chi connectivity index (χ1n) is 6.30. The van der Waals surface area contributed by atoms with Crippen molar-refractivity contribution in [1.82, 2.24) is 24.9 Å². The standard InChI is InChI=1S/C13H18N6O/c1-10-11(7-15-19(10)3)8-18(2)9-13(20)16-12-5-4-6-14-17-12/h4-7H,8-9H2,1-3H3,(H,16,17,20). The van der Waals surface area contributed by atoms with Gasteiger partial charge in [-0.1, -0.05) is 0 Å². The molecule has 2 aromatic heterocycles. The molecule has 0 aromatic carbocycles. The lowest BCUT2D eigenvalue weighted by molar-refractivity contribution is -0.117. The van der Waals surface area contributed by atoms with E-state index < -0.39 is 0 Å². The van der Waals surface area contributed by atoms with Gasteiger partial charge in [-0.3, -0.25) is 14.4 Å². The van der Waals surface area contributed by atoms with Gasteiger partial charge >= 0.3 is 0 Å². The number of rotatable bonds is 5. The summed E-state index contributed by atoms with van der Waals surface area (Å²) in [6.07, 6.45) is 3.39. The second kappa shape index (κ2) is 6.25. The minimum absolute atomic E-state index is 0.116. The van der Waals surface area contributed by atoms with Gasteiger partial charge < -0.3 is 5.32 Å². The molecule has 0 spiro atoms. The summed E-state index contributed by atoms with van der Waals surface area (Å²) in [4.78, 5) is 13.8. The molecule has 1 amide bonds. The predicted molar refractivity (Wildman–Crippen MR) is 74.9 cm³/mol. The first kappa shape index (κ1) is 14.1. The lowest BCUT2D eigenvalue weighted by atomic mass is 10.2. The molecule has 0 bridgehead atoms. The Hall–Kier alpha value is -2.28. The number of aromatic nitrogens is 4. The molecule has 0 atom stereocenters. The van der Waals surface area contributed by atoms with Crippen LogP contribution in [-0.4, -0.2) is 44.4 Å². The van der Waals surface area contributed by atoms with Crippen LogP contribution in [0.3, 0.4) is 0 Å². The van der Waals surface area contributed by atoms with Crippen LogP contribution in [0.5, 0.6) is 0 Å². The highest BCUT2D eigenvalue weighted by Crippen LogP contribution is 2.08. The van der Waals surface area contributed by atoms with E-state index in [1.807, 2.05) is 36.8 Å². The number of carbonyl (C=O) groups is 1. The summed E-state index contributed by atoms with van der Waals surface area (Å²) in [6.45, 7) is 2.97. The average Bonchev–Trinajstić information content (AvgIpc) is 2.71. The Morgan fingerprint density at radius 1 is 1.50 bits per heavy atom. The monoisotopic (exact) mass is 274 g/mol. The summed E-state index contributed by atoms with van der Waals surface area (Å²) in [6, 6.07) is 3.43. The molecule has 7 nitrogen and oxygen atoms in total. The van der Waals surface area contributed by atoms with Crippen LogP contribution in [0.1, 0.15) is 11.3 Å². The number of anilines is 1. The number of aryl methyl sites for hydroxylation is 1. The van der Waals surface area contributed by atoms with Gasteiger partial charge in [0.05, 0.1) is 12.7 Å². The Morgan fingerprint density at radius 2 is 2.30 bits per heavy atom. The van der Waals surface area contributed by atoms with E-state index >= 15 is 0 Å². The molecular weight excluding hydrogens is 256 g/mol. The number of nitrogens with zero attached hydrogens (tertiary/aromatic N) is 5. The van der Waals surface area contributed by atoms with Crippen molar-refractivity contribution in [2.75, 3.05) is 18.9 Å². The third-order valence-corrected chi connectivity index (χ3v) is 3.03. The molecule has 2 rings (SSSR count). The van der Waals surface area contributed by atoms with E-state index in [1.54, 1.807) is 18.3 Å². The van der Waals surface area contributed by atoms with Gasteiger partial charge in [0.25, 0.3) is 0 Å². The van der Waals surface area contributed by atoms with E-state index in [4.69, 9.17) is 0 Å². The van der Waals surface area contributed by atoms with Crippen LogP contribution in [0.4, 0.5) is 5.82 Å². The lowest BCUT2D eigenvalue weighted by Gasteiger charge is -2.15. The number of carbonyl (C=O) groups excluding carboxylic acids is 1. The van der Waals surface area contributed by atoms with E-state index in [0.29, 0.717) is 12.4 Å². The first-order chi connectivity index (χ1) is 9.56. The molecule has 1 N–H and O–H groups in total. The lowest BCUT2D eigenvalue weighted by Crippen LogP contribution is -2.30. The van der Waals surface area contributed by atoms with Gasteiger partial charge in [0.1, 0.15) is 0 Å². The Morgan fingerprint density at radius 3 is 2.90 bits per heavy atom. The predicted octanol–water partition coefficient (Wildman–Crippen LogP) is 0.589. The fourth-order valence-electron chi connectivity index (χ4n) is 1.84. The van der Waals surface area contributed by atoms with Crippen molar-refractivity contribution >= 4 is 11.7 Å². The third-order valence-electron chi connectivity index (χ3n) is 3.03. The molecule has 0 saturated carbocycles. The fraction of sp³-hybridized carbons (Fsp3) is 0.385. The van der Waals surface area contributed by atoms with Gasteiger partial charge in [0, 0.05) is 31.0 Å². The maximum atomic E-state index is 11.9. The Balaban J connectivity index is 1.87. The summed E-state index contributed by atoms with van der Waals surface area (Å²) in [5.41, 5.74) is 2.22. The van der Waals surface area contributed by atoms with Crippen LogP contribution in [0.15, 0.2) is 24.5 Å². The molecule has 0 aliphatic rings. The third kappa shape index (κ3) is 3.61. The first-order valence-corrected chi connectivity index (χ1v) is 6.30. The number of hydrogen-bond acceptors (Lipinski definition) is 5. The zero-order valence-electron chi connectivity index (χ0n) is 11.9. The number of nitrogens with one attached hydrogen (secondary N) is 1. The van der Waals surface area contributed by atoms with Gasteiger partial charge in [-0.15, -0.1) is 5.10 Å². The highest BCUT2D eigenvalue weighted by atomic mass is 16.2. The smallest absolute Gasteiger partial charge is 0.239 e. The van der Waals surface area contributed by atoms with Gasteiger partial charge in [-0.25, -0.2) is 0 Å². The van der Waals surface area contributed by atoms with E-state index in [-0.39, 0.29) is 12.5 Å². The van der Waals surface area contributed by atoms with Crippen molar-refractivity contribution in [1.29, 1.82) is 0 Å². The van der Waals surface area contributed by atoms with E-state index in [0.717, 1.165) is 11.3 Å². The largest absolute Gasteiger partial charge is 0.308 e. The van der Waals surface area contributed by atoms with E-state index in [9.17, 15) is 4.79 Å². The topological polar surface area (TPSA) is 75.9 Å². The quantitative estimate of drug-likeness (QED) is 0.863. The molecule has 7 heteroatoms. The Kier molecular flexibility index (Phi) is 4.41. The summed E-state index contributed by atoms with van der Waals surface area (Å²) in [5.74, 6) is 0.345. The van der Waals surface area contributed by atoms with Gasteiger partial charge in [0.2, 0.25) is 5.91 Å². The normalized spacial score (nSPS) is 10.8. The number of amides is 1. The van der Waals surface area contributed by atoms with Crippen LogP contribution in [0, 0.1) is 6.92 Å². The average molecular weight is 274 g/mol. The molecule has 0 radical (unpaired) electrons. The van der Waals surface area contributed by atoms with Crippen LogP contribution >= 0.6 is 0 Å². The minimum atomic E-state index is -0.116. The van der Waals surface area contributed by atoms with Gasteiger partial charge in [-0.2, -0.15) is 10.2 Å². The minimum Gasteiger partial charge on any atom is -0.308 e. The molecule has 0 unspecified atom stereocenters. The number of likely N-dealkylation sites (N-methyl/N-ethyl adjacent to an activating group) is 1. The molecule has 2 aromatic rings. The van der Waals surface area contributed by atoms with Crippen molar-refractivity contribution in [2.24, 2.45) is 7.05 Å². The highest BCUT2D eigenvalue weighted by Gasteiger charge is 2.11. The number of hydrogen-bond donors (Lipinski definition) is 1. The van der Waals surface area contributed by atoms with E-state index in [2.05, 4.69) is 20.6 Å². The molecule has 0 fully saturated rings. The Bertz CT molecular complexity index is 580. The zero-order valence-corrected chi connectivity index (χ0v) is 11.9. The van der Waals surface area contributed by atoms with Crippen molar-refractivity contribution in [3.63, 3.8) is 0 Å². The second-order valence-electron chi connectivity index (χ2n) is 4.71. The van der Waals surface area contributed by atoms with Crippen molar-refractivity contribution in [2.45, 2.75) is 13.5 Å². The van der Waals surface area contributed by atoms with Crippen molar-refractivity contribution in [3.05, 3.63) is 35.8 Å². The SMILES string of the molecule is Cc1c(CN(C)CC(=O)Nc2cccnn2)cnn1C. The summed E-state index contributed by atoms with van der Waals surface area (Å²) in [7, 11) is 3.79. The molecular formula is C13H18N6O. The molecule has 106 valence electrons. The van der Waals surface area contributed by atoms with Crippen LogP contribution in [0.25, 0.3) is 0 Å². The van der Waals surface area contributed by atoms with Crippen LogP contribution < -0.4 is 5.32 Å². The van der Waals surface area contributed by atoms with Gasteiger partial charge in [0.15, 0.2) is 5.82 Å². The highest BCUT2D eigenvalue weighted by molar-refractivity contribution is 5.91. The maximum Gasteiger partial charge on any atom is 0.239 e. The summed E-state index contributed by atoms with van der Waals surface area (Å²) >= 11 is 0. The van der Waals surface area contributed by atoms with Gasteiger partial charge in [-0.05, 0) is 26.1 Å². The second-order valence-corrected chi connectivity index (χ2v) is 4.71. The molecule has 0 saturated heterocycles. The molecule has 0 aliphatic carbocycles. The van der Waals surface area contributed by atoms with Crippen molar-refractivity contribution in [3.8, 4) is 0 Å². The summed E-state index contributed by atoms with van der Waals surface area (Å²) < 4.78 is 1.82. The van der Waals surface area contributed by atoms with Crippen LogP contribution in [-0.2, 0) is 18.4 Å². The fourth-order valence-corrected chi connectivity index (χ4v) is 1.84. The van der Waals surface area contributed by atoms with Crippen molar-refractivity contribution < 1.29 is 4.79 Å². The molecule has 2 heterocycles. The molecule has 20 heavy (non-hydrogen) atoms.